The zero-order valence-corrected chi connectivity index (χ0v) is 15.7. The summed E-state index contributed by atoms with van der Waals surface area (Å²) >= 11 is 0. The summed E-state index contributed by atoms with van der Waals surface area (Å²) in [6.45, 7) is 13.8. The fourth-order valence-corrected chi connectivity index (χ4v) is 2.87. The van der Waals surface area contributed by atoms with Gasteiger partial charge in [0.25, 0.3) is 0 Å². The van der Waals surface area contributed by atoms with E-state index in [9.17, 15) is 0 Å². The zero-order chi connectivity index (χ0) is 17.7. The van der Waals surface area contributed by atoms with Crippen molar-refractivity contribution in [2.75, 3.05) is 5.32 Å². The molecule has 0 heterocycles. The highest BCUT2D eigenvalue weighted by atomic mass is 14.9. The van der Waals surface area contributed by atoms with Gasteiger partial charge in [0.2, 0.25) is 0 Å². The van der Waals surface area contributed by atoms with Gasteiger partial charge in [-0.1, -0.05) is 83.6 Å². The van der Waals surface area contributed by atoms with Gasteiger partial charge in [-0.05, 0) is 37.0 Å². The summed E-state index contributed by atoms with van der Waals surface area (Å²) < 4.78 is 0. The molecule has 1 aliphatic carbocycles. The number of anilines is 1. The molecule has 0 saturated heterocycles. The number of nitrogens with one attached hydrogen (secondary N) is 1. The molecule has 2 rings (SSSR count). The standard InChI is InChI=1S/C17H22BN.2C2H6/c1-3-15(4-2)19-17-11-6-5-10-16(17)13-8-7-9-14(18)12-13;2*1-2/h3-6,10-11,13-14,19H,1,7-9,12H2,2H3;2*1-2H3/b15-4+;;. The molecule has 1 nitrogen and oxygen atoms in total. The average molecular weight is 311 g/mol. The molecule has 2 heteroatoms. The molecule has 0 bridgehead atoms. The third-order valence-corrected chi connectivity index (χ3v) is 3.93. The molecule has 2 radical (unpaired) electrons. The first-order valence-electron chi connectivity index (χ1n) is 9.15. The molecular weight excluding hydrogens is 277 g/mol. The lowest BCUT2D eigenvalue weighted by Crippen LogP contribution is -2.12. The highest BCUT2D eigenvalue weighted by Gasteiger charge is 2.22. The van der Waals surface area contributed by atoms with E-state index in [4.69, 9.17) is 7.85 Å². The highest BCUT2D eigenvalue weighted by Crippen LogP contribution is 2.40. The van der Waals surface area contributed by atoms with E-state index in [1.807, 2.05) is 46.8 Å². The van der Waals surface area contributed by atoms with Crippen LogP contribution in [0.2, 0.25) is 5.82 Å². The monoisotopic (exact) mass is 311 g/mol. The van der Waals surface area contributed by atoms with E-state index in [0.717, 1.165) is 12.1 Å². The van der Waals surface area contributed by atoms with Gasteiger partial charge in [0.05, 0.1) is 7.85 Å². The Balaban J connectivity index is 0.00000112. The molecule has 1 aliphatic rings. The quantitative estimate of drug-likeness (QED) is 0.473. The number of allylic oxidation sites excluding steroid dienone is 2. The highest BCUT2D eigenvalue weighted by molar-refractivity contribution is 6.11. The Labute approximate surface area is 145 Å². The smallest absolute Gasteiger partial charge is 0.0699 e. The number of hydrogen-bond donors (Lipinski definition) is 1. The average Bonchev–Trinajstić information content (AvgIpc) is 2.63. The predicted molar refractivity (Wildman–Crippen MR) is 107 cm³/mol. The summed E-state index contributed by atoms with van der Waals surface area (Å²) in [5, 5.41) is 3.46. The van der Waals surface area contributed by atoms with Gasteiger partial charge >= 0.3 is 0 Å². The summed E-state index contributed by atoms with van der Waals surface area (Å²) in [5.74, 6) is 0.933. The van der Waals surface area contributed by atoms with Crippen LogP contribution in [0.25, 0.3) is 0 Å². The molecule has 1 aromatic carbocycles. The lowest BCUT2D eigenvalue weighted by molar-refractivity contribution is 0.444. The van der Waals surface area contributed by atoms with Crippen molar-refractivity contribution >= 4 is 13.5 Å². The Morgan fingerprint density at radius 1 is 1.17 bits per heavy atom. The molecule has 1 aromatic rings. The van der Waals surface area contributed by atoms with Crippen LogP contribution in [0.15, 0.2) is 48.7 Å². The molecule has 0 amide bonds. The second kappa shape index (κ2) is 13.0. The lowest BCUT2D eigenvalue weighted by atomic mass is 9.69. The Kier molecular flexibility index (Phi) is 12.2. The van der Waals surface area contributed by atoms with Gasteiger partial charge in [0, 0.05) is 11.4 Å². The normalized spacial score (nSPS) is 20.3. The molecule has 1 fully saturated rings. The Hall–Kier alpha value is -1.44. The molecule has 0 aliphatic heterocycles. The molecule has 1 saturated carbocycles. The molecule has 23 heavy (non-hydrogen) atoms. The molecule has 126 valence electrons. The van der Waals surface area contributed by atoms with Crippen LogP contribution in [0, 0.1) is 0 Å². The van der Waals surface area contributed by atoms with Crippen LogP contribution in [0.5, 0.6) is 0 Å². The van der Waals surface area contributed by atoms with Gasteiger partial charge in [0.1, 0.15) is 0 Å². The Morgan fingerprint density at radius 2 is 1.83 bits per heavy atom. The minimum absolute atomic E-state index is 0.354. The van der Waals surface area contributed by atoms with Gasteiger partial charge < -0.3 is 5.32 Å². The topological polar surface area (TPSA) is 12.0 Å². The minimum Gasteiger partial charge on any atom is -0.356 e. The van der Waals surface area contributed by atoms with Crippen LogP contribution >= 0.6 is 0 Å². The zero-order valence-electron chi connectivity index (χ0n) is 15.7. The van der Waals surface area contributed by atoms with Crippen molar-refractivity contribution < 1.29 is 0 Å². The first kappa shape index (κ1) is 21.6. The molecule has 0 spiro atoms. The molecule has 1 N–H and O–H groups in total. The van der Waals surface area contributed by atoms with E-state index in [1.54, 1.807) is 0 Å². The number of rotatable bonds is 4. The van der Waals surface area contributed by atoms with Crippen molar-refractivity contribution in [1.82, 2.24) is 0 Å². The largest absolute Gasteiger partial charge is 0.356 e. The van der Waals surface area contributed by atoms with Crippen molar-refractivity contribution in [2.45, 2.75) is 72.0 Å². The second-order valence-corrected chi connectivity index (χ2v) is 5.28. The maximum absolute atomic E-state index is 6.12. The van der Waals surface area contributed by atoms with E-state index in [0.29, 0.717) is 11.7 Å². The van der Waals surface area contributed by atoms with Crippen LogP contribution in [0.4, 0.5) is 5.69 Å². The van der Waals surface area contributed by atoms with Gasteiger partial charge in [-0.25, -0.2) is 0 Å². The second-order valence-electron chi connectivity index (χ2n) is 5.28. The van der Waals surface area contributed by atoms with E-state index >= 15 is 0 Å². The maximum atomic E-state index is 6.12. The first-order chi connectivity index (χ1) is 11.2. The molecule has 2 atom stereocenters. The fourth-order valence-electron chi connectivity index (χ4n) is 2.87. The van der Waals surface area contributed by atoms with E-state index in [2.05, 4.69) is 36.2 Å². The van der Waals surface area contributed by atoms with E-state index in [1.165, 1.54) is 30.5 Å². The van der Waals surface area contributed by atoms with Crippen LogP contribution in [0.3, 0.4) is 0 Å². The third kappa shape index (κ3) is 7.11. The van der Waals surface area contributed by atoms with Crippen molar-refractivity contribution in [3.05, 3.63) is 54.3 Å². The minimum atomic E-state index is 0.354. The summed E-state index contributed by atoms with van der Waals surface area (Å²) in [6, 6.07) is 8.55. The third-order valence-electron chi connectivity index (χ3n) is 3.93. The summed E-state index contributed by atoms with van der Waals surface area (Å²) in [5.41, 5.74) is 3.63. The Bertz CT molecular complexity index is 465. The van der Waals surface area contributed by atoms with Gasteiger partial charge in [-0.2, -0.15) is 0 Å². The van der Waals surface area contributed by atoms with Gasteiger partial charge in [-0.3, -0.25) is 0 Å². The Morgan fingerprint density at radius 3 is 2.39 bits per heavy atom. The summed E-state index contributed by atoms with van der Waals surface area (Å²) in [7, 11) is 6.12. The van der Waals surface area contributed by atoms with E-state index < -0.39 is 0 Å². The first-order valence-corrected chi connectivity index (χ1v) is 9.15. The van der Waals surface area contributed by atoms with Crippen molar-refractivity contribution in [1.29, 1.82) is 0 Å². The number of para-hydroxylation sites is 1. The summed E-state index contributed by atoms with van der Waals surface area (Å²) in [4.78, 5) is 0. The van der Waals surface area contributed by atoms with Gasteiger partial charge in [-0.15, -0.1) is 0 Å². The molecule has 0 aromatic heterocycles. The lowest BCUT2D eigenvalue weighted by Gasteiger charge is -2.29. The SMILES string of the molecule is CC.CC.[B]C1CCCC(c2ccccc2N/C(C=C)=C/C)C1. The fraction of sp³-hybridized carbons (Fsp3) is 0.524. The van der Waals surface area contributed by atoms with Crippen LogP contribution in [-0.2, 0) is 0 Å². The van der Waals surface area contributed by atoms with E-state index in [-0.39, 0.29) is 0 Å². The van der Waals surface area contributed by atoms with Crippen molar-refractivity contribution in [3.8, 4) is 0 Å². The predicted octanol–water partition coefficient (Wildman–Crippen LogP) is 6.86. The van der Waals surface area contributed by atoms with Crippen LogP contribution in [-0.4, -0.2) is 7.85 Å². The van der Waals surface area contributed by atoms with Crippen LogP contribution < -0.4 is 5.32 Å². The molecule has 2 unspecified atom stereocenters. The number of benzene rings is 1. The number of hydrogen-bond acceptors (Lipinski definition) is 1. The van der Waals surface area contributed by atoms with Crippen molar-refractivity contribution in [2.24, 2.45) is 0 Å². The van der Waals surface area contributed by atoms with Crippen molar-refractivity contribution in [3.63, 3.8) is 0 Å². The maximum Gasteiger partial charge on any atom is 0.0699 e. The van der Waals surface area contributed by atoms with Crippen LogP contribution in [0.1, 0.15) is 71.8 Å². The summed E-state index contributed by atoms with van der Waals surface area (Å²) in [6.07, 6.45) is 8.63. The van der Waals surface area contributed by atoms with Gasteiger partial charge in [0.15, 0.2) is 0 Å². The molecular formula is C21H34BN.